The third kappa shape index (κ3) is 2.50. The van der Waals surface area contributed by atoms with Crippen LogP contribution >= 0.6 is 0 Å². The highest BCUT2D eigenvalue weighted by molar-refractivity contribution is 5.91. The fourth-order valence-electron chi connectivity index (χ4n) is 2.26. The van der Waals surface area contributed by atoms with Crippen molar-refractivity contribution in [3.63, 3.8) is 0 Å². The molecular weight excluding hydrogens is 264 g/mol. The van der Waals surface area contributed by atoms with Crippen LogP contribution in [0.2, 0.25) is 0 Å². The number of nitrogens with zero attached hydrogens (tertiary/aromatic N) is 4. The Morgan fingerprint density at radius 3 is 2.48 bits per heavy atom. The van der Waals surface area contributed by atoms with Crippen LogP contribution in [0.1, 0.15) is 5.56 Å². The fourth-order valence-corrected chi connectivity index (χ4v) is 2.26. The van der Waals surface area contributed by atoms with Gasteiger partial charge in [0.25, 0.3) is 0 Å². The molecule has 1 aromatic heterocycles. The lowest BCUT2D eigenvalue weighted by molar-refractivity contribution is 0.415. The lowest BCUT2D eigenvalue weighted by Gasteiger charge is -2.19. The normalized spacial score (nSPS) is 10.6. The van der Waals surface area contributed by atoms with Crippen molar-refractivity contribution in [3.05, 3.63) is 48.0 Å². The van der Waals surface area contributed by atoms with Crippen LogP contribution in [0.4, 0.5) is 11.5 Å². The van der Waals surface area contributed by atoms with E-state index in [0.29, 0.717) is 0 Å². The molecule has 0 unspecified atom stereocenters. The van der Waals surface area contributed by atoms with Crippen molar-refractivity contribution in [2.24, 2.45) is 0 Å². The molecule has 0 aliphatic heterocycles. The molecule has 2 aromatic carbocycles. The molecule has 0 amide bonds. The second kappa shape index (κ2) is 5.36. The molecule has 3 aromatic rings. The Hall–Kier alpha value is -2.69. The first-order chi connectivity index (χ1) is 10.2. The smallest absolute Gasteiger partial charge is 0.166 e. The van der Waals surface area contributed by atoms with Gasteiger partial charge in [0.05, 0.1) is 12.6 Å². The standard InChI is InChI=1S/C16H16N4O/c1-11-4-9-15-14(10-11)16(18-19-17-15)20(2)12-5-7-13(21-3)8-6-12/h4-10H,1-3H3. The summed E-state index contributed by atoms with van der Waals surface area (Å²) in [4.78, 5) is 2.00. The average molecular weight is 280 g/mol. The Kier molecular flexibility index (Phi) is 3.39. The van der Waals surface area contributed by atoms with Gasteiger partial charge >= 0.3 is 0 Å². The predicted octanol–water partition coefficient (Wildman–Crippen LogP) is 3.11. The van der Waals surface area contributed by atoms with E-state index in [1.807, 2.05) is 48.3 Å². The van der Waals surface area contributed by atoms with E-state index in [0.717, 1.165) is 28.2 Å². The van der Waals surface area contributed by atoms with Crippen LogP contribution in [0.3, 0.4) is 0 Å². The number of ether oxygens (including phenoxy) is 1. The van der Waals surface area contributed by atoms with E-state index >= 15 is 0 Å². The molecule has 1 heterocycles. The first-order valence-electron chi connectivity index (χ1n) is 6.66. The van der Waals surface area contributed by atoms with E-state index in [4.69, 9.17) is 4.74 Å². The second-order valence-electron chi connectivity index (χ2n) is 4.89. The van der Waals surface area contributed by atoms with Crippen LogP contribution in [-0.2, 0) is 0 Å². The van der Waals surface area contributed by atoms with E-state index in [-0.39, 0.29) is 0 Å². The highest BCUT2D eigenvalue weighted by atomic mass is 16.5. The zero-order chi connectivity index (χ0) is 14.8. The van der Waals surface area contributed by atoms with Crippen LogP contribution in [-0.4, -0.2) is 29.6 Å². The molecule has 0 bridgehead atoms. The van der Waals surface area contributed by atoms with E-state index in [2.05, 4.69) is 28.4 Å². The van der Waals surface area contributed by atoms with Crippen molar-refractivity contribution in [1.29, 1.82) is 0 Å². The number of benzene rings is 2. The number of hydrogen-bond donors (Lipinski definition) is 0. The highest BCUT2D eigenvalue weighted by Gasteiger charge is 2.11. The number of anilines is 2. The Balaban J connectivity index is 2.08. The van der Waals surface area contributed by atoms with Gasteiger partial charge in [-0.05, 0) is 48.5 Å². The Labute approximate surface area is 123 Å². The third-order valence-corrected chi connectivity index (χ3v) is 3.46. The average Bonchev–Trinajstić information content (AvgIpc) is 2.53. The minimum atomic E-state index is 0.786. The van der Waals surface area contributed by atoms with Crippen LogP contribution in [0.25, 0.3) is 10.9 Å². The van der Waals surface area contributed by atoms with Gasteiger partial charge in [-0.1, -0.05) is 11.6 Å². The van der Waals surface area contributed by atoms with Gasteiger partial charge < -0.3 is 9.64 Å². The summed E-state index contributed by atoms with van der Waals surface area (Å²) < 4.78 is 5.18. The van der Waals surface area contributed by atoms with Gasteiger partial charge in [0.1, 0.15) is 5.75 Å². The van der Waals surface area contributed by atoms with Gasteiger partial charge in [-0.3, -0.25) is 0 Å². The van der Waals surface area contributed by atoms with Gasteiger partial charge in [0.2, 0.25) is 0 Å². The molecule has 0 saturated heterocycles. The third-order valence-electron chi connectivity index (χ3n) is 3.46. The molecule has 5 nitrogen and oxygen atoms in total. The number of aryl methyl sites for hydroxylation is 1. The van der Waals surface area contributed by atoms with E-state index < -0.39 is 0 Å². The summed E-state index contributed by atoms with van der Waals surface area (Å²) in [5.74, 6) is 1.61. The second-order valence-corrected chi connectivity index (χ2v) is 4.89. The SMILES string of the molecule is COc1ccc(N(C)c2nnnc3ccc(C)cc23)cc1. The summed E-state index contributed by atoms with van der Waals surface area (Å²) >= 11 is 0. The van der Waals surface area contributed by atoms with Gasteiger partial charge in [-0.2, -0.15) is 0 Å². The van der Waals surface area contributed by atoms with Crippen LogP contribution in [0.5, 0.6) is 5.75 Å². The van der Waals surface area contributed by atoms with Gasteiger partial charge in [0, 0.05) is 18.1 Å². The van der Waals surface area contributed by atoms with E-state index in [9.17, 15) is 0 Å². The highest BCUT2D eigenvalue weighted by Crippen LogP contribution is 2.29. The van der Waals surface area contributed by atoms with Gasteiger partial charge in [-0.15, -0.1) is 10.2 Å². The van der Waals surface area contributed by atoms with Crippen molar-refractivity contribution in [3.8, 4) is 5.75 Å². The van der Waals surface area contributed by atoms with Crippen molar-refractivity contribution < 1.29 is 4.74 Å². The quantitative estimate of drug-likeness (QED) is 0.738. The predicted molar refractivity (Wildman–Crippen MR) is 83.1 cm³/mol. The molecule has 106 valence electrons. The molecule has 0 atom stereocenters. The molecule has 0 spiro atoms. The molecule has 21 heavy (non-hydrogen) atoms. The topological polar surface area (TPSA) is 51.1 Å². The Morgan fingerprint density at radius 2 is 1.76 bits per heavy atom. The number of hydrogen-bond acceptors (Lipinski definition) is 5. The Morgan fingerprint density at radius 1 is 1.00 bits per heavy atom. The Bertz CT molecular complexity index is 771. The summed E-state index contributed by atoms with van der Waals surface area (Å²) in [5.41, 5.74) is 3.02. The van der Waals surface area contributed by atoms with Crippen molar-refractivity contribution >= 4 is 22.4 Å². The maximum atomic E-state index is 5.18. The monoisotopic (exact) mass is 280 g/mol. The first-order valence-corrected chi connectivity index (χ1v) is 6.66. The summed E-state index contributed by atoms with van der Waals surface area (Å²) in [5, 5.41) is 13.1. The molecule has 0 saturated carbocycles. The van der Waals surface area contributed by atoms with Crippen LogP contribution in [0.15, 0.2) is 42.5 Å². The molecule has 5 heteroatoms. The molecule has 0 fully saturated rings. The van der Waals surface area contributed by atoms with Crippen molar-refractivity contribution in [1.82, 2.24) is 15.4 Å². The van der Waals surface area contributed by atoms with E-state index in [1.54, 1.807) is 7.11 Å². The summed E-state index contributed by atoms with van der Waals surface area (Å²) in [6.45, 7) is 2.05. The molecule has 3 rings (SSSR count). The number of methoxy groups -OCH3 is 1. The first kappa shape index (κ1) is 13.3. The lowest BCUT2D eigenvalue weighted by atomic mass is 10.1. The summed E-state index contributed by atoms with van der Waals surface area (Å²) in [7, 11) is 3.62. The number of fused-ring (bicyclic) bond motifs is 1. The minimum absolute atomic E-state index is 0.786. The van der Waals surface area contributed by atoms with Gasteiger partial charge in [0.15, 0.2) is 5.82 Å². The summed E-state index contributed by atoms with van der Waals surface area (Å²) in [6, 6.07) is 13.9. The van der Waals surface area contributed by atoms with Crippen molar-refractivity contribution in [2.75, 3.05) is 19.1 Å². The van der Waals surface area contributed by atoms with E-state index in [1.165, 1.54) is 5.56 Å². The van der Waals surface area contributed by atoms with Crippen LogP contribution in [0, 0.1) is 6.92 Å². The fraction of sp³-hybridized carbons (Fsp3) is 0.188. The van der Waals surface area contributed by atoms with Gasteiger partial charge in [-0.25, -0.2) is 0 Å². The van der Waals surface area contributed by atoms with Crippen LogP contribution < -0.4 is 9.64 Å². The minimum Gasteiger partial charge on any atom is -0.497 e. The molecule has 0 radical (unpaired) electrons. The number of rotatable bonds is 3. The zero-order valence-corrected chi connectivity index (χ0v) is 12.2. The maximum absolute atomic E-state index is 5.18. The lowest BCUT2D eigenvalue weighted by Crippen LogP contribution is -2.13. The van der Waals surface area contributed by atoms with Crippen molar-refractivity contribution in [2.45, 2.75) is 6.92 Å². The zero-order valence-electron chi connectivity index (χ0n) is 12.2. The largest absolute Gasteiger partial charge is 0.497 e. The number of aromatic nitrogens is 3. The molecular formula is C16H16N4O. The maximum Gasteiger partial charge on any atom is 0.166 e. The molecule has 0 N–H and O–H groups in total. The summed E-state index contributed by atoms with van der Waals surface area (Å²) in [6.07, 6.45) is 0. The molecule has 0 aliphatic rings. The molecule has 0 aliphatic carbocycles.